The minimum absolute atomic E-state index is 0.185. The molecule has 142 valence electrons. The minimum Gasteiger partial charge on any atom is -0.460 e. The fraction of sp³-hybridized carbons (Fsp3) is 0.190. The first-order valence-electron chi connectivity index (χ1n) is 8.80. The molecule has 0 bridgehead atoms. The summed E-state index contributed by atoms with van der Waals surface area (Å²) in [5.74, 6) is 0.313. The predicted octanol–water partition coefficient (Wildman–Crippen LogP) is 4.79. The van der Waals surface area contributed by atoms with E-state index in [1.54, 1.807) is 36.0 Å². The van der Waals surface area contributed by atoms with Crippen LogP contribution in [-0.2, 0) is 5.41 Å². The third-order valence-electron chi connectivity index (χ3n) is 4.38. The summed E-state index contributed by atoms with van der Waals surface area (Å²) >= 11 is 1.35. The van der Waals surface area contributed by atoms with E-state index in [-0.39, 0.29) is 16.9 Å². The van der Waals surface area contributed by atoms with Crippen molar-refractivity contribution in [2.24, 2.45) is 0 Å². The first-order chi connectivity index (χ1) is 13.3. The molecule has 3 heterocycles. The molecule has 0 aliphatic heterocycles. The summed E-state index contributed by atoms with van der Waals surface area (Å²) in [7, 11) is 0. The molecule has 0 fully saturated rings. The minimum atomic E-state index is -0.376. The van der Waals surface area contributed by atoms with Gasteiger partial charge in [-0.2, -0.15) is 0 Å². The fourth-order valence-corrected chi connectivity index (χ4v) is 3.64. The molecule has 0 aliphatic carbocycles. The predicted molar refractivity (Wildman–Crippen MR) is 111 cm³/mol. The molecule has 0 spiro atoms. The van der Waals surface area contributed by atoms with E-state index in [9.17, 15) is 9.59 Å². The lowest BCUT2D eigenvalue weighted by molar-refractivity contribution is 0.102. The van der Waals surface area contributed by atoms with Crippen molar-refractivity contribution in [1.29, 1.82) is 0 Å². The summed E-state index contributed by atoms with van der Waals surface area (Å²) in [4.78, 5) is 32.1. The second-order valence-electron chi connectivity index (χ2n) is 7.47. The SMILES string of the molecule is CC(C)(C)c1oc2ccc(-c3ccc[nH]c3=O)cc2c1C(=O)Nc1nccs1. The zero-order valence-electron chi connectivity index (χ0n) is 15.7. The average Bonchev–Trinajstić information content (AvgIpc) is 3.28. The van der Waals surface area contributed by atoms with Gasteiger partial charge in [-0.3, -0.25) is 14.9 Å². The molecule has 1 aromatic carbocycles. The number of amides is 1. The molecule has 1 amide bonds. The monoisotopic (exact) mass is 393 g/mol. The first kappa shape index (κ1) is 18.2. The molecule has 0 radical (unpaired) electrons. The Bertz CT molecular complexity index is 1210. The van der Waals surface area contributed by atoms with Crippen molar-refractivity contribution < 1.29 is 9.21 Å². The Morgan fingerprint density at radius 3 is 2.75 bits per heavy atom. The molecule has 28 heavy (non-hydrogen) atoms. The Kier molecular flexibility index (Phi) is 4.39. The maximum atomic E-state index is 13.1. The summed E-state index contributed by atoms with van der Waals surface area (Å²) in [6, 6.07) is 8.97. The van der Waals surface area contributed by atoms with Crippen LogP contribution in [0.15, 0.2) is 57.3 Å². The van der Waals surface area contributed by atoms with Gasteiger partial charge in [-0.15, -0.1) is 11.3 Å². The highest BCUT2D eigenvalue weighted by Crippen LogP contribution is 2.36. The standard InChI is InChI=1S/C21H19N3O3S/c1-21(2,3)17-16(19(26)24-20-23-9-10-28-20)14-11-12(6-7-15(14)27-17)13-5-4-8-22-18(13)25/h4-11H,1-3H3,(H,22,25)(H,23,24,26). The number of aromatic nitrogens is 2. The molecule has 7 heteroatoms. The number of nitrogens with zero attached hydrogens (tertiary/aromatic N) is 1. The molecule has 4 rings (SSSR count). The molecular weight excluding hydrogens is 374 g/mol. The van der Waals surface area contributed by atoms with E-state index < -0.39 is 0 Å². The van der Waals surface area contributed by atoms with Gasteiger partial charge in [-0.1, -0.05) is 26.8 Å². The molecule has 0 unspecified atom stereocenters. The number of fused-ring (bicyclic) bond motifs is 1. The van der Waals surface area contributed by atoms with Crippen LogP contribution < -0.4 is 10.9 Å². The zero-order chi connectivity index (χ0) is 19.9. The van der Waals surface area contributed by atoms with Gasteiger partial charge in [0.25, 0.3) is 11.5 Å². The van der Waals surface area contributed by atoms with Gasteiger partial charge in [0.05, 0.1) is 5.56 Å². The third kappa shape index (κ3) is 3.25. The number of hydrogen-bond acceptors (Lipinski definition) is 5. The lowest BCUT2D eigenvalue weighted by Gasteiger charge is -2.16. The summed E-state index contributed by atoms with van der Waals surface area (Å²) in [5.41, 5.74) is 1.76. The van der Waals surface area contributed by atoms with Crippen molar-refractivity contribution in [2.75, 3.05) is 5.32 Å². The molecule has 0 saturated heterocycles. The first-order valence-corrected chi connectivity index (χ1v) is 9.68. The van der Waals surface area contributed by atoms with Gasteiger partial charge in [-0.25, -0.2) is 4.98 Å². The number of anilines is 1. The second kappa shape index (κ2) is 6.76. The lowest BCUT2D eigenvalue weighted by Crippen LogP contribution is -2.19. The van der Waals surface area contributed by atoms with Crippen LogP contribution in [0.3, 0.4) is 0 Å². The summed E-state index contributed by atoms with van der Waals surface area (Å²) in [6.07, 6.45) is 3.23. The third-order valence-corrected chi connectivity index (χ3v) is 5.07. The van der Waals surface area contributed by atoms with Gasteiger partial charge in [0.15, 0.2) is 5.13 Å². The number of carbonyl (C=O) groups is 1. The van der Waals surface area contributed by atoms with E-state index in [1.807, 2.05) is 32.9 Å². The number of pyridine rings is 1. The molecule has 0 aliphatic rings. The highest BCUT2D eigenvalue weighted by atomic mass is 32.1. The van der Waals surface area contributed by atoms with Crippen LogP contribution in [0.2, 0.25) is 0 Å². The van der Waals surface area contributed by atoms with E-state index >= 15 is 0 Å². The summed E-state index contributed by atoms with van der Waals surface area (Å²) in [5, 5.41) is 5.83. The van der Waals surface area contributed by atoms with Gasteiger partial charge in [0.2, 0.25) is 0 Å². The largest absolute Gasteiger partial charge is 0.460 e. The maximum Gasteiger partial charge on any atom is 0.261 e. The Morgan fingerprint density at radius 1 is 1.25 bits per heavy atom. The second-order valence-corrected chi connectivity index (χ2v) is 8.37. The molecule has 3 aromatic heterocycles. The molecule has 2 N–H and O–H groups in total. The van der Waals surface area contributed by atoms with E-state index in [4.69, 9.17) is 4.42 Å². The van der Waals surface area contributed by atoms with E-state index in [1.165, 1.54) is 11.3 Å². The topological polar surface area (TPSA) is 88.0 Å². The fourth-order valence-electron chi connectivity index (χ4n) is 3.11. The van der Waals surface area contributed by atoms with E-state index in [2.05, 4.69) is 15.3 Å². The smallest absolute Gasteiger partial charge is 0.261 e. The maximum absolute atomic E-state index is 13.1. The lowest BCUT2D eigenvalue weighted by atomic mass is 9.89. The van der Waals surface area contributed by atoms with E-state index in [0.717, 1.165) is 5.56 Å². The number of rotatable bonds is 3. The number of thiazole rings is 1. The van der Waals surface area contributed by atoms with E-state index in [0.29, 0.717) is 33.0 Å². The van der Waals surface area contributed by atoms with Gasteiger partial charge < -0.3 is 9.40 Å². The van der Waals surface area contributed by atoms with Gasteiger partial charge in [0, 0.05) is 34.1 Å². The number of carbonyl (C=O) groups excluding carboxylic acids is 1. The van der Waals surface area contributed by atoms with Crippen LogP contribution in [0.5, 0.6) is 0 Å². The molecule has 6 nitrogen and oxygen atoms in total. The van der Waals surface area contributed by atoms with Crippen molar-refractivity contribution in [2.45, 2.75) is 26.2 Å². The van der Waals surface area contributed by atoms with Crippen LogP contribution >= 0.6 is 11.3 Å². The van der Waals surface area contributed by atoms with Crippen LogP contribution in [-0.4, -0.2) is 15.9 Å². The van der Waals surface area contributed by atoms with Crippen molar-refractivity contribution in [3.63, 3.8) is 0 Å². The number of nitrogens with one attached hydrogen (secondary N) is 2. The van der Waals surface area contributed by atoms with Gasteiger partial charge >= 0.3 is 0 Å². The molecule has 0 saturated carbocycles. The molecule has 0 atom stereocenters. The Balaban J connectivity index is 1.91. The van der Waals surface area contributed by atoms with Gasteiger partial charge in [0.1, 0.15) is 11.3 Å². The number of aromatic amines is 1. The highest BCUT2D eigenvalue weighted by molar-refractivity contribution is 7.13. The normalized spacial score (nSPS) is 11.7. The number of benzene rings is 1. The van der Waals surface area contributed by atoms with Gasteiger partial charge in [-0.05, 0) is 29.8 Å². The Morgan fingerprint density at radius 2 is 2.07 bits per heavy atom. The van der Waals surface area contributed by atoms with Crippen molar-refractivity contribution in [3.8, 4) is 11.1 Å². The Labute approximate surface area is 165 Å². The van der Waals surface area contributed by atoms with Crippen molar-refractivity contribution in [1.82, 2.24) is 9.97 Å². The summed E-state index contributed by atoms with van der Waals surface area (Å²) < 4.78 is 6.06. The molecule has 4 aromatic rings. The average molecular weight is 393 g/mol. The Hall–Kier alpha value is -3.19. The summed E-state index contributed by atoms with van der Waals surface area (Å²) in [6.45, 7) is 5.98. The quantitative estimate of drug-likeness (QED) is 0.524. The van der Waals surface area contributed by atoms with Crippen molar-refractivity contribution >= 4 is 33.3 Å². The molecular formula is C21H19N3O3S. The highest BCUT2D eigenvalue weighted by Gasteiger charge is 2.29. The zero-order valence-corrected chi connectivity index (χ0v) is 16.5. The van der Waals surface area contributed by atoms with Crippen LogP contribution in [0.25, 0.3) is 22.1 Å². The number of hydrogen-bond donors (Lipinski definition) is 2. The van der Waals surface area contributed by atoms with Crippen molar-refractivity contribution in [3.05, 3.63) is 69.8 Å². The number of furan rings is 1. The van der Waals surface area contributed by atoms with Crippen LogP contribution in [0.1, 0.15) is 36.9 Å². The number of H-pyrrole nitrogens is 1. The van der Waals surface area contributed by atoms with Crippen LogP contribution in [0, 0.1) is 0 Å². The van der Waals surface area contributed by atoms with Crippen LogP contribution in [0.4, 0.5) is 5.13 Å².